The Bertz CT molecular complexity index is 693. The lowest BCUT2D eigenvalue weighted by molar-refractivity contribution is 0.0933. The van der Waals surface area contributed by atoms with Crippen molar-refractivity contribution in [2.24, 2.45) is 11.7 Å². The second-order valence-corrected chi connectivity index (χ2v) is 5.96. The number of hydrogen-bond donors (Lipinski definition) is 2. The van der Waals surface area contributed by atoms with Gasteiger partial charge in [-0.15, -0.1) is 0 Å². The summed E-state index contributed by atoms with van der Waals surface area (Å²) in [6.07, 6.45) is 2.48. The first-order valence-corrected chi connectivity index (χ1v) is 7.88. The highest BCUT2D eigenvalue weighted by Gasteiger charge is 2.29. The zero-order valence-electron chi connectivity index (χ0n) is 12.5. The molecule has 1 aliphatic rings. The summed E-state index contributed by atoms with van der Waals surface area (Å²) in [4.78, 5) is 15.3. The van der Waals surface area contributed by atoms with Crippen molar-refractivity contribution < 1.29 is 9.53 Å². The smallest absolute Gasteiger partial charge is 0.250 e. The Morgan fingerprint density at radius 1 is 1.39 bits per heavy atom. The zero-order valence-corrected chi connectivity index (χ0v) is 13.3. The minimum atomic E-state index is -0.542. The van der Waals surface area contributed by atoms with Gasteiger partial charge in [0, 0.05) is 25.3 Å². The summed E-state index contributed by atoms with van der Waals surface area (Å²) >= 11 is 6.15. The number of pyridine rings is 1. The lowest BCUT2D eigenvalue weighted by atomic mass is 9.95. The second-order valence-electron chi connectivity index (χ2n) is 5.55. The van der Waals surface area contributed by atoms with E-state index in [9.17, 15) is 4.79 Å². The lowest BCUT2D eigenvalue weighted by Gasteiger charge is -2.20. The molecule has 2 aromatic rings. The van der Waals surface area contributed by atoms with Crippen molar-refractivity contribution in [1.29, 1.82) is 0 Å². The van der Waals surface area contributed by atoms with Crippen LogP contribution in [0.3, 0.4) is 0 Å². The predicted octanol–water partition coefficient (Wildman–Crippen LogP) is 3.02. The minimum Gasteiger partial charge on any atom is -0.373 e. The molecule has 1 aliphatic heterocycles. The molecule has 5 nitrogen and oxygen atoms in total. The fourth-order valence-electron chi connectivity index (χ4n) is 2.78. The van der Waals surface area contributed by atoms with Crippen molar-refractivity contribution in [2.45, 2.75) is 12.5 Å². The maximum atomic E-state index is 11.1. The maximum Gasteiger partial charge on any atom is 0.250 e. The molecule has 0 saturated carbocycles. The van der Waals surface area contributed by atoms with Crippen molar-refractivity contribution in [1.82, 2.24) is 4.98 Å². The van der Waals surface area contributed by atoms with Crippen LogP contribution in [0, 0.1) is 5.92 Å². The van der Waals surface area contributed by atoms with Gasteiger partial charge in [0.15, 0.2) is 0 Å². The Morgan fingerprint density at radius 3 is 2.87 bits per heavy atom. The molecular weight excluding hydrogens is 314 g/mol. The zero-order chi connectivity index (χ0) is 16.2. The van der Waals surface area contributed by atoms with Crippen molar-refractivity contribution in [3.63, 3.8) is 0 Å². The van der Waals surface area contributed by atoms with Crippen LogP contribution >= 0.6 is 11.6 Å². The molecule has 6 heteroatoms. The molecule has 0 spiro atoms. The molecule has 2 atom stereocenters. The fourth-order valence-corrected chi connectivity index (χ4v) is 3.02. The van der Waals surface area contributed by atoms with Gasteiger partial charge < -0.3 is 15.8 Å². The number of nitrogens with one attached hydrogen (secondary N) is 1. The van der Waals surface area contributed by atoms with E-state index in [1.165, 1.54) is 17.8 Å². The van der Waals surface area contributed by atoms with Crippen LogP contribution in [0.1, 0.15) is 28.4 Å². The van der Waals surface area contributed by atoms with Gasteiger partial charge >= 0.3 is 0 Å². The highest BCUT2D eigenvalue weighted by atomic mass is 35.5. The van der Waals surface area contributed by atoms with E-state index in [0.29, 0.717) is 28.9 Å². The third-order valence-corrected chi connectivity index (χ3v) is 4.29. The fraction of sp³-hybridized carbons (Fsp3) is 0.294. The first-order valence-electron chi connectivity index (χ1n) is 7.51. The van der Waals surface area contributed by atoms with Gasteiger partial charge in [-0.3, -0.25) is 4.79 Å². The van der Waals surface area contributed by atoms with Gasteiger partial charge in [0.05, 0.1) is 16.7 Å². The van der Waals surface area contributed by atoms with Gasteiger partial charge in [0.1, 0.15) is 5.82 Å². The van der Waals surface area contributed by atoms with Crippen molar-refractivity contribution in [3.05, 3.63) is 58.7 Å². The molecule has 2 heterocycles. The second kappa shape index (κ2) is 6.98. The van der Waals surface area contributed by atoms with Gasteiger partial charge in [-0.05, 0) is 18.1 Å². The molecule has 0 unspecified atom stereocenters. The number of aromatic nitrogens is 1. The van der Waals surface area contributed by atoms with Crippen LogP contribution in [0.25, 0.3) is 0 Å². The van der Waals surface area contributed by atoms with Crippen molar-refractivity contribution >= 4 is 23.3 Å². The van der Waals surface area contributed by atoms with Crippen molar-refractivity contribution in [2.75, 3.05) is 18.5 Å². The van der Waals surface area contributed by atoms with Gasteiger partial charge in [-0.25, -0.2) is 4.98 Å². The number of carbonyl (C=O) groups excluding carboxylic acids is 1. The highest BCUT2D eigenvalue weighted by Crippen LogP contribution is 2.34. The summed E-state index contributed by atoms with van der Waals surface area (Å²) in [5.74, 6) is 0.348. The number of rotatable bonds is 5. The van der Waals surface area contributed by atoms with Crippen LogP contribution in [-0.2, 0) is 4.74 Å². The molecule has 0 aliphatic carbocycles. The summed E-state index contributed by atoms with van der Waals surface area (Å²) in [6, 6.07) is 11.7. The van der Waals surface area contributed by atoms with Crippen LogP contribution < -0.4 is 11.1 Å². The number of amides is 1. The standard InChI is InChI=1S/C17H18ClN3O2/c18-14-8-13(16(19)22)10-21-17(14)20-9-12-6-7-23-15(12)11-4-2-1-3-5-11/h1-5,8,10,12,15H,6-7,9H2,(H2,19,22)(H,20,21)/t12-,15-/m1/s1. The van der Waals surface area contributed by atoms with Crippen LogP contribution in [0.2, 0.25) is 5.02 Å². The highest BCUT2D eigenvalue weighted by molar-refractivity contribution is 6.33. The third-order valence-electron chi connectivity index (χ3n) is 4.00. The number of benzene rings is 1. The molecular formula is C17H18ClN3O2. The average molecular weight is 332 g/mol. The summed E-state index contributed by atoms with van der Waals surface area (Å²) in [5.41, 5.74) is 6.69. The summed E-state index contributed by atoms with van der Waals surface area (Å²) in [6.45, 7) is 1.44. The maximum absolute atomic E-state index is 11.1. The topological polar surface area (TPSA) is 77.2 Å². The molecule has 3 N–H and O–H groups in total. The Morgan fingerprint density at radius 2 is 2.17 bits per heavy atom. The Hall–Kier alpha value is -2.11. The molecule has 1 saturated heterocycles. The van der Waals surface area contributed by atoms with Gasteiger partial charge in [-0.2, -0.15) is 0 Å². The minimum absolute atomic E-state index is 0.0763. The molecule has 3 rings (SSSR count). The number of nitrogens with two attached hydrogens (primary N) is 1. The van der Waals surface area contributed by atoms with E-state index in [1.807, 2.05) is 18.2 Å². The van der Waals surface area contributed by atoms with Crippen LogP contribution in [0.5, 0.6) is 0 Å². The van der Waals surface area contributed by atoms with E-state index in [1.54, 1.807) is 0 Å². The first-order chi connectivity index (χ1) is 11.1. The van der Waals surface area contributed by atoms with Gasteiger partial charge in [0.25, 0.3) is 0 Å². The van der Waals surface area contributed by atoms with Crippen LogP contribution in [0.4, 0.5) is 5.82 Å². The Balaban J connectivity index is 1.67. The van der Waals surface area contributed by atoms with E-state index in [2.05, 4.69) is 22.4 Å². The lowest BCUT2D eigenvalue weighted by Crippen LogP contribution is -2.19. The molecule has 1 aromatic carbocycles. The predicted molar refractivity (Wildman–Crippen MR) is 89.5 cm³/mol. The average Bonchev–Trinajstić information content (AvgIpc) is 3.03. The number of ether oxygens (including phenoxy) is 1. The van der Waals surface area contributed by atoms with Gasteiger partial charge in [0.2, 0.25) is 5.91 Å². The number of hydrogen-bond acceptors (Lipinski definition) is 4. The van der Waals surface area contributed by atoms with E-state index < -0.39 is 5.91 Å². The normalized spacial score (nSPS) is 20.4. The Labute approximate surface area is 139 Å². The van der Waals surface area contributed by atoms with E-state index in [4.69, 9.17) is 22.1 Å². The van der Waals surface area contributed by atoms with E-state index in [-0.39, 0.29) is 6.10 Å². The summed E-state index contributed by atoms with van der Waals surface area (Å²) in [7, 11) is 0. The SMILES string of the molecule is NC(=O)c1cnc(NC[C@H]2CCO[C@@H]2c2ccccc2)c(Cl)c1. The number of nitrogens with zero attached hydrogens (tertiary/aromatic N) is 1. The molecule has 0 radical (unpaired) electrons. The van der Waals surface area contributed by atoms with Gasteiger partial charge in [-0.1, -0.05) is 41.9 Å². The van der Waals surface area contributed by atoms with E-state index in [0.717, 1.165) is 13.0 Å². The number of primary amides is 1. The first kappa shape index (κ1) is 15.8. The monoisotopic (exact) mass is 331 g/mol. The largest absolute Gasteiger partial charge is 0.373 e. The summed E-state index contributed by atoms with van der Waals surface area (Å²) in [5, 5.41) is 3.63. The number of halogens is 1. The molecule has 1 amide bonds. The molecule has 1 aromatic heterocycles. The molecule has 1 fully saturated rings. The summed E-state index contributed by atoms with van der Waals surface area (Å²) < 4.78 is 5.87. The molecule has 0 bridgehead atoms. The van der Waals surface area contributed by atoms with Crippen molar-refractivity contribution in [3.8, 4) is 0 Å². The Kier molecular flexibility index (Phi) is 4.79. The van der Waals surface area contributed by atoms with Crippen LogP contribution in [-0.4, -0.2) is 24.0 Å². The van der Waals surface area contributed by atoms with E-state index >= 15 is 0 Å². The quantitative estimate of drug-likeness (QED) is 0.882. The van der Waals surface area contributed by atoms with Crippen LogP contribution in [0.15, 0.2) is 42.6 Å². The molecule has 120 valence electrons. The molecule has 23 heavy (non-hydrogen) atoms. The third kappa shape index (κ3) is 3.63. The number of anilines is 1. The number of carbonyl (C=O) groups is 1.